The summed E-state index contributed by atoms with van der Waals surface area (Å²) in [5, 5.41) is 3.10. The Labute approximate surface area is 91.0 Å². The first-order valence-corrected chi connectivity index (χ1v) is 5.60. The molecule has 0 saturated carbocycles. The molecule has 2 heterocycles. The van der Waals surface area contributed by atoms with Crippen LogP contribution in [0.2, 0.25) is 0 Å². The van der Waals surface area contributed by atoms with Gasteiger partial charge < -0.3 is 4.57 Å². The van der Waals surface area contributed by atoms with Gasteiger partial charge in [-0.3, -0.25) is 0 Å². The largest absolute Gasteiger partial charge is 0.324 e. The van der Waals surface area contributed by atoms with Gasteiger partial charge in [-0.1, -0.05) is 12.1 Å². The van der Waals surface area contributed by atoms with E-state index in [1.54, 1.807) is 11.3 Å². The van der Waals surface area contributed by atoms with E-state index in [-0.39, 0.29) is 0 Å². The Morgan fingerprint density at radius 1 is 1.20 bits per heavy atom. The normalized spacial score (nSPS) is 10.9. The van der Waals surface area contributed by atoms with Crippen molar-refractivity contribution in [2.24, 2.45) is 0 Å². The third-order valence-electron chi connectivity index (χ3n) is 2.32. The fraction of sp³-hybridized carbons (Fsp3) is 0.0909. The van der Waals surface area contributed by atoms with Crippen LogP contribution in [-0.2, 0) is 6.54 Å². The van der Waals surface area contributed by atoms with Gasteiger partial charge in [0.1, 0.15) is 5.01 Å². The second-order valence-electron chi connectivity index (χ2n) is 3.29. The molecule has 0 atom stereocenters. The highest BCUT2D eigenvalue weighted by atomic mass is 32.1. The van der Waals surface area contributed by atoms with Crippen LogP contribution in [-0.4, -0.2) is 14.5 Å². The summed E-state index contributed by atoms with van der Waals surface area (Å²) in [5.74, 6) is 0. The van der Waals surface area contributed by atoms with Crippen LogP contribution in [0.15, 0.2) is 42.2 Å². The summed E-state index contributed by atoms with van der Waals surface area (Å²) in [4.78, 5) is 8.61. The van der Waals surface area contributed by atoms with Gasteiger partial charge in [0.2, 0.25) is 0 Å². The molecule has 0 N–H and O–H groups in total. The van der Waals surface area contributed by atoms with Gasteiger partial charge in [0.05, 0.1) is 23.9 Å². The number of nitrogens with zero attached hydrogens (tertiary/aromatic N) is 3. The zero-order valence-corrected chi connectivity index (χ0v) is 8.81. The molecule has 74 valence electrons. The zero-order valence-electron chi connectivity index (χ0n) is 8.00. The molecule has 0 saturated heterocycles. The lowest BCUT2D eigenvalue weighted by molar-refractivity contribution is 0.816. The third-order valence-corrected chi connectivity index (χ3v) is 3.08. The molecule has 3 aromatic rings. The van der Waals surface area contributed by atoms with Crippen LogP contribution in [0.3, 0.4) is 0 Å². The zero-order chi connectivity index (χ0) is 10.1. The van der Waals surface area contributed by atoms with Gasteiger partial charge in [0.25, 0.3) is 0 Å². The molecular formula is C11H9N3S. The summed E-state index contributed by atoms with van der Waals surface area (Å²) in [6.07, 6.45) is 3.70. The number of imidazole rings is 1. The number of aromatic nitrogens is 3. The maximum atomic E-state index is 4.34. The van der Waals surface area contributed by atoms with Crippen LogP contribution in [0.1, 0.15) is 5.01 Å². The highest BCUT2D eigenvalue weighted by Gasteiger charge is 2.02. The SMILES string of the molecule is c1ccc2c(c1)ncn2Cc1nccs1. The Bertz CT molecular complexity index is 568. The van der Waals surface area contributed by atoms with Crippen molar-refractivity contribution in [3.63, 3.8) is 0 Å². The van der Waals surface area contributed by atoms with E-state index in [1.807, 2.05) is 36.1 Å². The maximum absolute atomic E-state index is 4.34. The van der Waals surface area contributed by atoms with E-state index in [0.29, 0.717) is 0 Å². The van der Waals surface area contributed by atoms with Crippen LogP contribution in [0.5, 0.6) is 0 Å². The Morgan fingerprint density at radius 3 is 3.00 bits per heavy atom. The third kappa shape index (κ3) is 1.53. The number of thiazole rings is 1. The fourth-order valence-corrected chi connectivity index (χ4v) is 2.23. The first kappa shape index (κ1) is 8.61. The molecule has 0 radical (unpaired) electrons. The molecule has 4 heteroatoms. The summed E-state index contributed by atoms with van der Waals surface area (Å²) >= 11 is 1.67. The van der Waals surface area contributed by atoms with Gasteiger partial charge >= 0.3 is 0 Å². The molecular weight excluding hydrogens is 206 g/mol. The number of hydrogen-bond donors (Lipinski definition) is 0. The molecule has 0 aliphatic heterocycles. The second-order valence-corrected chi connectivity index (χ2v) is 4.27. The van der Waals surface area contributed by atoms with Crippen molar-refractivity contribution in [3.8, 4) is 0 Å². The lowest BCUT2D eigenvalue weighted by atomic mass is 10.3. The molecule has 0 amide bonds. The van der Waals surface area contributed by atoms with Crippen molar-refractivity contribution in [3.05, 3.63) is 47.2 Å². The number of rotatable bonds is 2. The summed E-state index contributed by atoms with van der Waals surface area (Å²) in [6.45, 7) is 0.804. The smallest absolute Gasteiger partial charge is 0.112 e. The number of hydrogen-bond acceptors (Lipinski definition) is 3. The van der Waals surface area contributed by atoms with Gasteiger partial charge in [-0.2, -0.15) is 0 Å². The molecule has 0 unspecified atom stereocenters. The standard InChI is InChI=1S/C11H9N3S/c1-2-4-10-9(3-1)13-8-14(10)7-11-12-5-6-15-11/h1-6,8H,7H2. The number of para-hydroxylation sites is 2. The van der Waals surface area contributed by atoms with Gasteiger partial charge in [0, 0.05) is 11.6 Å². The van der Waals surface area contributed by atoms with Crippen LogP contribution in [0, 0.1) is 0 Å². The Hall–Kier alpha value is -1.68. The highest BCUT2D eigenvalue weighted by molar-refractivity contribution is 7.09. The van der Waals surface area contributed by atoms with Crippen LogP contribution in [0.4, 0.5) is 0 Å². The first-order valence-electron chi connectivity index (χ1n) is 4.72. The van der Waals surface area contributed by atoms with E-state index >= 15 is 0 Å². The van der Waals surface area contributed by atoms with Gasteiger partial charge in [-0.15, -0.1) is 11.3 Å². The van der Waals surface area contributed by atoms with Crippen molar-refractivity contribution in [2.45, 2.75) is 6.54 Å². The van der Waals surface area contributed by atoms with Crippen LogP contribution < -0.4 is 0 Å². The molecule has 0 aliphatic rings. The predicted octanol–water partition coefficient (Wildman–Crippen LogP) is 2.54. The minimum atomic E-state index is 0.804. The minimum absolute atomic E-state index is 0.804. The molecule has 0 bridgehead atoms. The number of fused-ring (bicyclic) bond motifs is 1. The van der Waals surface area contributed by atoms with Gasteiger partial charge in [-0.05, 0) is 12.1 Å². The average Bonchev–Trinajstić information content (AvgIpc) is 2.89. The van der Waals surface area contributed by atoms with Crippen LogP contribution in [0.25, 0.3) is 11.0 Å². The molecule has 2 aromatic heterocycles. The van der Waals surface area contributed by atoms with E-state index in [2.05, 4.69) is 20.6 Å². The Morgan fingerprint density at radius 2 is 2.13 bits per heavy atom. The quantitative estimate of drug-likeness (QED) is 0.657. The van der Waals surface area contributed by atoms with E-state index in [1.165, 1.54) is 0 Å². The Kier molecular flexibility index (Phi) is 1.99. The molecule has 3 rings (SSSR count). The van der Waals surface area contributed by atoms with E-state index in [4.69, 9.17) is 0 Å². The predicted molar refractivity (Wildman–Crippen MR) is 60.9 cm³/mol. The van der Waals surface area contributed by atoms with Gasteiger partial charge in [-0.25, -0.2) is 9.97 Å². The van der Waals surface area contributed by atoms with Crippen molar-refractivity contribution >= 4 is 22.4 Å². The van der Waals surface area contributed by atoms with Crippen molar-refractivity contribution in [1.82, 2.24) is 14.5 Å². The van der Waals surface area contributed by atoms with Crippen LogP contribution >= 0.6 is 11.3 Å². The van der Waals surface area contributed by atoms with E-state index in [0.717, 1.165) is 22.6 Å². The monoisotopic (exact) mass is 215 g/mol. The second kappa shape index (κ2) is 3.47. The molecule has 0 fully saturated rings. The first-order chi connectivity index (χ1) is 7.43. The summed E-state index contributed by atoms with van der Waals surface area (Å²) in [7, 11) is 0. The topological polar surface area (TPSA) is 30.7 Å². The molecule has 3 nitrogen and oxygen atoms in total. The maximum Gasteiger partial charge on any atom is 0.112 e. The van der Waals surface area contributed by atoms with E-state index < -0.39 is 0 Å². The summed E-state index contributed by atoms with van der Waals surface area (Å²) in [5.41, 5.74) is 2.20. The average molecular weight is 215 g/mol. The molecule has 0 aliphatic carbocycles. The highest BCUT2D eigenvalue weighted by Crippen LogP contribution is 2.14. The fourth-order valence-electron chi connectivity index (χ4n) is 1.61. The minimum Gasteiger partial charge on any atom is -0.324 e. The Balaban J connectivity index is 2.05. The lowest BCUT2D eigenvalue weighted by Crippen LogP contribution is -1.96. The van der Waals surface area contributed by atoms with Crippen molar-refractivity contribution in [1.29, 1.82) is 0 Å². The summed E-state index contributed by atoms with van der Waals surface area (Å²) < 4.78 is 2.12. The van der Waals surface area contributed by atoms with E-state index in [9.17, 15) is 0 Å². The summed E-state index contributed by atoms with van der Waals surface area (Å²) in [6, 6.07) is 8.13. The molecule has 15 heavy (non-hydrogen) atoms. The molecule has 1 aromatic carbocycles. The lowest BCUT2D eigenvalue weighted by Gasteiger charge is -1.99. The molecule has 0 spiro atoms. The van der Waals surface area contributed by atoms with Gasteiger partial charge in [0.15, 0.2) is 0 Å². The number of benzene rings is 1. The van der Waals surface area contributed by atoms with Crippen molar-refractivity contribution < 1.29 is 0 Å². The van der Waals surface area contributed by atoms with Crippen molar-refractivity contribution in [2.75, 3.05) is 0 Å².